The smallest absolute Gasteiger partial charge is 0.404 e. The van der Waals surface area contributed by atoms with E-state index in [0.29, 0.717) is 34.5 Å². The number of carbonyl (C=O) groups is 2. The number of aromatic nitrogens is 2. The van der Waals surface area contributed by atoms with Gasteiger partial charge in [-0.3, -0.25) is 4.79 Å². The van der Waals surface area contributed by atoms with Gasteiger partial charge in [0.25, 0.3) is 5.91 Å². The van der Waals surface area contributed by atoms with Crippen LogP contribution in [0.2, 0.25) is 0 Å². The summed E-state index contributed by atoms with van der Waals surface area (Å²) in [5.41, 5.74) is 1.85. The first-order valence-electron chi connectivity index (χ1n) is 10.5. The average molecular weight is 473 g/mol. The molecule has 3 aromatic rings. The highest BCUT2D eigenvalue weighted by atomic mass is 19.2. The molecule has 1 aliphatic rings. The SMILES string of the molecule is C/C(=N/C(=O)c1ccn2c3c(nc2c1)C[C@H](c1cc(F)c(F)cc1F)[C@@H](NC(=O)O)C3)N(C)C. The highest BCUT2D eigenvalue weighted by Crippen LogP contribution is 2.35. The van der Waals surface area contributed by atoms with E-state index in [1.807, 2.05) is 0 Å². The fourth-order valence-corrected chi connectivity index (χ4v) is 4.13. The lowest BCUT2D eigenvalue weighted by atomic mass is 9.80. The van der Waals surface area contributed by atoms with Crippen LogP contribution in [-0.2, 0) is 12.8 Å². The van der Waals surface area contributed by atoms with Gasteiger partial charge in [-0.2, -0.15) is 4.99 Å². The van der Waals surface area contributed by atoms with Crippen molar-refractivity contribution in [2.45, 2.75) is 31.7 Å². The van der Waals surface area contributed by atoms with Crippen LogP contribution in [0.4, 0.5) is 18.0 Å². The average Bonchev–Trinajstić information content (AvgIpc) is 3.12. The molecule has 178 valence electrons. The molecule has 1 aliphatic carbocycles. The van der Waals surface area contributed by atoms with Gasteiger partial charge in [-0.05, 0) is 30.7 Å². The Balaban J connectivity index is 1.75. The molecule has 1 aromatic carbocycles. The summed E-state index contributed by atoms with van der Waals surface area (Å²) in [6.07, 6.45) is 0.546. The van der Waals surface area contributed by atoms with E-state index in [4.69, 9.17) is 0 Å². The number of hydrogen-bond donors (Lipinski definition) is 2. The number of fused-ring (bicyclic) bond motifs is 3. The summed E-state index contributed by atoms with van der Waals surface area (Å²) in [5.74, 6) is -4.22. The number of nitrogens with zero attached hydrogens (tertiary/aromatic N) is 4. The van der Waals surface area contributed by atoms with E-state index >= 15 is 0 Å². The van der Waals surface area contributed by atoms with Gasteiger partial charge in [-0.1, -0.05) is 0 Å². The van der Waals surface area contributed by atoms with Gasteiger partial charge in [0, 0.05) is 62.4 Å². The maximum atomic E-state index is 14.5. The summed E-state index contributed by atoms with van der Waals surface area (Å²) in [6, 6.07) is 3.56. The predicted octanol–water partition coefficient (Wildman–Crippen LogP) is 3.39. The lowest BCUT2D eigenvalue weighted by Gasteiger charge is -2.31. The van der Waals surface area contributed by atoms with Gasteiger partial charge in [0.15, 0.2) is 11.6 Å². The molecule has 0 fully saturated rings. The highest BCUT2D eigenvalue weighted by Gasteiger charge is 2.36. The van der Waals surface area contributed by atoms with Gasteiger partial charge < -0.3 is 19.7 Å². The van der Waals surface area contributed by atoms with Crippen LogP contribution in [0.1, 0.15) is 40.2 Å². The number of imidazole rings is 1. The third-order valence-electron chi connectivity index (χ3n) is 6.03. The van der Waals surface area contributed by atoms with Crippen molar-refractivity contribution in [3.05, 3.63) is 70.4 Å². The second kappa shape index (κ2) is 8.81. The number of hydrogen-bond acceptors (Lipinski definition) is 3. The summed E-state index contributed by atoms with van der Waals surface area (Å²) in [7, 11) is 3.54. The van der Waals surface area contributed by atoms with Crippen LogP contribution in [0, 0.1) is 17.5 Å². The lowest BCUT2D eigenvalue weighted by molar-refractivity contribution is 0.100. The van der Waals surface area contributed by atoms with Crippen molar-refractivity contribution < 1.29 is 27.9 Å². The molecule has 2 aromatic heterocycles. The quantitative estimate of drug-likeness (QED) is 0.345. The van der Waals surface area contributed by atoms with Gasteiger partial charge in [0.05, 0.1) is 5.69 Å². The van der Waals surface area contributed by atoms with Crippen molar-refractivity contribution in [2.75, 3.05) is 14.1 Å². The van der Waals surface area contributed by atoms with Crippen LogP contribution >= 0.6 is 0 Å². The monoisotopic (exact) mass is 473 g/mol. The molecule has 2 atom stereocenters. The van der Waals surface area contributed by atoms with E-state index < -0.39 is 41.4 Å². The fourth-order valence-electron chi connectivity index (χ4n) is 4.13. The molecule has 11 heteroatoms. The van der Waals surface area contributed by atoms with Crippen LogP contribution < -0.4 is 5.32 Å². The summed E-state index contributed by atoms with van der Waals surface area (Å²) >= 11 is 0. The third-order valence-corrected chi connectivity index (χ3v) is 6.03. The number of benzene rings is 1. The van der Waals surface area contributed by atoms with Gasteiger partial charge in [0.2, 0.25) is 0 Å². The van der Waals surface area contributed by atoms with Crippen molar-refractivity contribution >= 4 is 23.5 Å². The number of carboxylic acid groups (broad SMARTS) is 1. The molecular formula is C23H22F3N5O3. The number of nitrogens with one attached hydrogen (secondary N) is 1. The molecular weight excluding hydrogens is 451 g/mol. The fraction of sp³-hybridized carbons (Fsp3) is 0.304. The van der Waals surface area contributed by atoms with Crippen LogP contribution in [0.3, 0.4) is 0 Å². The standard InChI is InChI=1S/C23H22F3N5O3/c1-11(30(2)3)27-22(32)12-4-5-31-20-10-18(29-23(33)34)14(8-19(20)28-21(31)6-12)13-7-16(25)17(26)9-15(13)24/h4-7,9,14,18,29H,8,10H2,1-3H3,(H,33,34)/b27-11-/t14-,18+/m1/s1. The van der Waals surface area contributed by atoms with Gasteiger partial charge in [-0.25, -0.2) is 22.9 Å². The van der Waals surface area contributed by atoms with Crippen molar-refractivity contribution in [1.82, 2.24) is 19.6 Å². The molecule has 0 saturated carbocycles. The molecule has 2 N–H and O–H groups in total. The number of amides is 2. The topological polar surface area (TPSA) is 99.3 Å². The predicted molar refractivity (Wildman–Crippen MR) is 118 cm³/mol. The number of carbonyl (C=O) groups excluding carboxylic acids is 1. The molecule has 0 aliphatic heterocycles. The Bertz CT molecular complexity index is 1340. The lowest BCUT2D eigenvalue weighted by Crippen LogP contribution is -2.43. The first kappa shape index (κ1) is 23.3. The van der Waals surface area contributed by atoms with Gasteiger partial charge in [-0.15, -0.1) is 0 Å². The highest BCUT2D eigenvalue weighted by molar-refractivity contribution is 6.03. The summed E-state index contributed by atoms with van der Waals surface area (Å²) in [5, 5.41) is 11.7. The molecule has 4 rings (SSSR count). The Kier molecular flexibility index (Phi) is 6.03. The molecule has 0 saturated heterocycles. The zero-order chi connectivity index (χ0) is 24.7. The second-order valence-corrected chi connectivity index (χ2v) is 8.37. The molecule has 8 nitrogen and oxygen atoms in total. The molecule has 2 amide bonds. The normalized spacial score (nSPS) is 18.0. The van der Waals surface area contributed by atoms with E-state index in [0.717, 1.165) is 6.07 Å². The van der Waals surface area contributed by atoms with Crippen LogP contribution in [0.5, 0.6) is 0 Å². The van der Waals surface area contributed by atoms with Crippen LogP contribution in [-0.4, -0.2) is 57.4 Å². The van der Waals surface area contributed by atoms with Crippen molar-refractivity contribution in [1.29, 1.82) is 0 Å². The second-order valence-electron chi connectivity index (χ2n) is 8.37. The number of rotatable bonds is 3. The number of aliphatic imine (C=N–C) groups is 1. The minimum atomic E-state index is -1.32. The Morgan fingerprint density at radius 1 is 1.15 bits per heavy atom. The Morgan fingerprint density at radius 2 is 1.85 bits per heavy atom. The largest absolute Gasteiger partial charge is 0.465 e. The van der Waals surface area contributed by atoms with E-state index in [1.165, 1.54) is 0 Å². The Labute approximate surface area is 192 Å². The van der Waals surface area contributed by atoms with Crippen molar-refractivity contribution in [2.24, 2.45) is 4.99 Å². The van der Waals surface area contributed by atoms with Crippen LogP contribution in [0.25, 0.3) is 5.65 Å². The maximum Gasteiger partial charge on any atom is 0.404 e. The summed E-state index contributed by atoms with van der Waals surface area (Å²) in [4.78, 5) is 34.2. The minimum Gasteiger partial charge on any atom is -0.465 e. The summed E-state index contributed by atoms with van der Waals surface area (Å²) in [6.45, 7) is 1.71. The van der Waals surface area contributed by atoms with Crippen LogP contribution in [0.15, 0.2) is 35.5 Å². The maximum absolute atomic E-state index is 14.5. The molecule has 0 unspecified atom stereocenters. The van der Waals surface area contributed by atoms with E-state index in [1.54, 1.807) is 48.6 Å². The molecule has 0 radical (unpaired) electrons. The van der Waals surface area contributed by atoms with Crippen molar-refractivity contribution in [3.63, 3.8) is 0 Å². The Hall–Kier alpha value is -3.89. The number of amidine groups is 1. The number of pyridine rings is 1. The molecule has 2 heterocycles. The third kappa shape index (κ3) is 4.33. The van der Waals surface area contributed by atoms with E-state index in [-0.39, 0.29) is 18.4 Å². The molecule has 34 heavy (non-hydrogen) atoms. The molecule has 0 spiro atoms. The van der Waals surface area contributed by atoms with Gasteiger partial charge >= 0.3 is 6.09 Å². The zero-order valence-electron chi connectivity index (χ0n) is 18.6. The van der Waals surface area contributed by atoms with Crippen molar-refractivity contribution in [3.8, 4) is 0 Å². The Morgan fingerprint density at radius 3 is 2.53 bits per heavy atom. The first-order valence-corrected chi connectivity index (χ1v) is 10.5. The summed E-state index contributed by atoms with van der Waals surface area (Å²) < 4.78 is 43.6. The van der Waals surface area contributed by atoms with E-state index in [2.05, 4.69) is 15.3 Å². The minimum absolute atomic E-state index is 0.0884. The number of halogens is 3. The first-order chi connectivity index (χ1) is 16.0. The van der Waals surface area contributed by atoms with E-state index in [9.17, 15) is 27.9 Å². The van der Waals surface area contributed by atoms with Gasteiger partial charge in [0.1, 0.15) is 17.3 Å². The molecule has 0 bridgehead atoms. The zero-order valence-corrected chi connectivity index (χ0v) is 18.6.